The molecule has 1 atom stereocenters. The Morgan fingerprint density at radius 3 is 2.68 bits per heavy atom. The van der Waals surface area contributed by atoms with Gasteiger partial charge in [-0.1, -0.05) is 31.4 Å². The number of carbonyl (C=O) groups is 1. The lowest BCUT2D eigenvalue weighted by Gasteiger charge is -2.24. The number of para-hydroxylation sites is 1. The smallest absolute Gasteiger partial charge is 0.233 e. The minimum atomic E-state index is -0.105. The van der Waals surface area contributed by atoms with Crippen molar-refractivity contribution in [3.63, 3.8) is 0 Å². The molecule has 1 aromatic rings. The van der Waals surface area contributed by atoms with Gasteiger partial charge in [-0.05, 0) is 31.9 Å². The molecular formula is C15H22N2OS. The van der Waals surface area contributed by atoms with Crippen molar-refractivity contribution in [3.05, 3.63) is 24.3 Å². The first-order valence-corrected chi connectivity index (χ1v) is 7.86. The molecule has 1 fully saturated rings. The van der Waals surface area contributed by atoms with Crippen molar-refractivity contribution in [3.8, 4) is 0 Å². The maximum Gasteiger partial charge on any atom is 0.233 e. The van der Waals surface area contributed by atoms with Gasteiger partial charge in [0.15, 0.2) is 0 Å². The summed E-state index contributed by atoms with van der Waals surface area (Å²) in [6.45, 7) is 1.94. The van der Waals surface area contributed by atoms with Crippen LogP contribution in [0.1, 0.15) is 39.0 Å². The van der Waals surface area contributed by atoms with Crippen LogP contribution >= 0.6 is 11.8 Å². The summed E-state index contributed by atoms with van der Waals surface area (Å²) in [6.07, 6.45) is 6.01. The van der Waals surface area contributed by atoms with Crippen molar-refractivity contribution >= 4 is 23.4 Å². The summed E-state index contributed by atoms with van der Waals surface area (Å²) < 4.78 is 0. The standard InChI is InChI=1S/C15H22N2OS/c1-11(19-14-10-6-5-9-13(14)16)15(18)17-12-7-3-2-4-8-12/h5-6,9-12H,2-4,7-8,16H2,1H3,(H,17,18). The highest BCUT2D eigenvalue weighted by molar-refractivity contribution is 8.00. The van der Waals surface area contributed by atoms with E-state index in [1.165, 1.54) is 31.0 Å². The van der Waals surface area contributed by atoms with Crippen molar-refractivity contribution < 1.29 is 4.79 Å². The van der Waals surface area contributed by atoms with Gasteiger partial charge in [-0.3, -0.25) is 4.79 Å². The highest BCUT2D eigenvalue weighted by atomic mass is 32.2. The molecule has 0 bridgehead atoms. The molecule has 0 saturated heterocycles. The Labute approximate surface area is 119 Å². The van der Waals surface area contributed by atoms with Crippen molar-refractivity contribution in [2.75, 3.05) is 5.73 Å². The molecule has 1 amide bonds. The second-order valence-electron chi connectivity index (χ2n) is 5.14. The summed E-state index contributed by atoms with van der Waals surface area (Å²) in [5.74, 6) is 0.125. The van der Waals surface area contributed by atoms with Gasteiger partial charge in [0, 0.05) is 16.6 Å². The van der Waals surface area contributed by atoms with Gasteiger partial charge in [0.1, 0.15) is 0 Å². The van der Waals surface area contributed by atoms with Crippen LogP contribution in [0.25, 0.3) is 0 Å². The summed E-state index contributed by atoms with van der Waals surface area (Å²) in [7, 11) is 0. The molecule has 1 saturated carbocycles. The number of rotatable bonds is 4. The summed E-state index contributed by atoms with van der Waals surface area (Å²) in [5.41, 5.74) is 6.64. The molecule has 0 radical (unpaired) electrons. The van der Waals surface area contributed by atoms with Crippen LogP contribution in [-0.4, -0.2) is 17.2 Å². The predicted octanol–water partition coefficient (Wildman–Crippen LogP) is 3.20. The lowest BCUT2D eigenvalue weighted by molar-refractivity contribution is -0.121. The second kappa shape index (κ2) is 6.85. The number of amides is 1. The van der Waals surface area contributed by atoms with E-state index >= 15 is 0 Å². The number of nitrogen functional groups attached to an aromatic ring is 1. The van der Waals surface area contributed by atoms with E-state index < -0.39 is 0 Å². The Kier molecular flexibility index (Phi) is 5.14. The first-order valence-electron chi connectivity index (χ1n) is 6.98. The fourth-order valence-electron chi connectivity index (χ4n) is 2.40. The zero-order chi connectivity index (χ0) is 13.7. The highest BCUT2D eigenvalue weighted by Gasteiger charge is 2.20. The molecule has 0 aliphatic heterocycles. The summed E-state index contributed by atoms with van der Waals surface area (Å²) in [4.78, 5) is 13.1. The van der Waals surface area contributed by atoms with Gasteiger partial charge in [-0.25, -0.2) is 0 Å². The van der Waals surface area contributed by atoms with Crippen molar-refractivity contribution in [2.24, 2.45) is 0 Å². The third-order valence-corrected chi connectivity index (χ3v) is 4.74. The Bertz CT molecular complexity index is 430. The molecule has 1 aliphatic rings. The third-order valence-electron chi connectivity index (χ3n) is 3.54. The van der Waals surface area contributed by atoms with Crippen LogP contribution in [0.2, 0.25) is 0 Å². The minimum Gasteiger partial charge on any atom is -0.398 e. The molecule has 3 N–H and O–H groups in total. The van der Waals surface area contributed by atoms with E-state index in [0.717, 1.165) is 23.4 Å². The predicted molar refractivity (Wildman–Crippen MR) is 81.2 cm³/mol. The van der Waals surface area contributed by atoms with Crippen LogP contribution in [0.15, 0.2) is 29.2 Å². The van der Waals surface area contributed by atoms with E-state index in [-0.39, 0.29) is 11.2 Å². The summed E-state index contributed by atoms with van der Waals surface area (Å²) >= 11 is 1.53. The van der Waals surface area contributed by atoms with Gasteiger partial charge in [-0.15, -0.1) is 11.8 Å². The largest absolute Gasteiger partial charge is 0.398 e. The first-order chi connectivity index (χ1) is 9.16. The van der Waals surface area contributed by atoms with E-state index in [2.05, 4.69) is 5.32 Å². The molecule has 1 aromatic carbocycles. The Morgan fingerprint density at radius 2 is 2.00 bits per heavy atom. The van der Waals surface area contributed by atoms with Crippen LogP contribution in [0.3, 0.4) is 0 Å². The monoisotopic (exact) mass is 278 g/mol. The lowest BCUT2D eigenvalue weighted by atomic mass is 9.95. The normalized spacial score (nSPS) is 17.9. The van der Waals surface area contributed by atoms with Crippen molar-refractivity contribution in [1.29, 1.82) is 0 Å². The number of nitrogens with two attached hydrogens (primary N) is 1. The molecule has 3 nitrogen and oxygen atoms in total. The number of hydrogen-bond donors (Lipinski definition) is 2. The Hall–Kier alpha value is -1.16. The minimum absolute atomic E-state index is 0.105. The molecular weight excluding hydrogens is 256 g/mol. The number of thioether (sulfide) groups is 1. The van der Waals surface area contributed by atoms with Gasteiger partial charge >= 0.3 is 0 Å². The summed E-state index contributed by atoms with van der Waals surface area (Å²) in [6, 6.07) is 8.06. The van der Waals surface area contributed by atoms with Crippen LogP contribution in [0.5, 0.6) is 0 Å². The zero-order valence-electron chi connectivity index (χ0n) is 11.4. The molecule has 1 unspecified atom stereocenters. The zero-order valence-corrected chi connectivity index (χ0v) is 12.2. The molecule has 104 valence electrons. The van der Waals surface area contributed by atoms with Crippen LogP contribution in [0.4, 0.5) is 5.69 Å². The van der Waals surface area contributed by atoms with E-state index in [1.54, 1.807) is 0 Å². The van der Waals surface area contributed by atoms with E-state index in [4.69, 9.17) is 5.73 Å². The number of benzene rings is 1. The van der Waals surface area contributed by atoms with Crippen LogP contribution in [-0.2, 0) is 4.79 Å². The highest BCUT2D eigenvalue weighted by Crippen LogP contribution is 2.28. The molecule has 0 heterocycles. The molecule has 0 aromatic heterocycles. The van der Waals surface area contributed by atoms with Gasteiger partial charge < -0.3 is 11.1 Å². The topological polar surface area (TPSA) is 55.1 Å². The SMILES string of the molecule is CC(Sc1ccccc1N)C(=O)NC1CCCCC1. The number of nitrogens with one attached hydrogen (secondary N) is 1. The van der Waals surface area contributed by atoms with Crippen LogP contribution < -0.4 is 11.1 Å². The molecule has 1 aliphatic carbocycles. The number of anilines is 1. The fourth-order valence-corrected chi connectivity index (χ4v) is 3.31. The quantitative estimate of drug-likeness (QED) is 0.657. The maximum absolute atomic E-state index is 12.2. The van der Waals surface area contributed by atoms with Gasteiger partial charge in [0.2, 0.25) is 5.91 Å². The van der Waals surface area contributed by atoms with Gasteiger partial charge in [-0.2, -0.15) is 0 Å². The van der Waals surface area contributed by atoms with Gasteiger partial charge in [0.25, 0.3) is 0 Å². The molecule has 2 rings (SSSR count). The van der Waals surface area contributed by atoms with E-state index in [9.17, 15) is 4.79 Å². The van der Waals surface area contributed by atoms with Crippen LogP contribution in [0, 0.1) is 0 Å². The number of carbonyl (C=O) groups excluding carboxylic acids is 1. The van der Waals surface area contributed by atoms with E-state index in [1.807, 2.05) is 31.2 Å². The van der Waals surface area contributed by atoms with Crippen molar-refractivity contribution in [2.45, 2.75) is 55.2 Å². The van der Waals surface area contributed by atoms with E-state index in [0.29, 0.717) is 6.04 Å². The first kappa shape index (κ1) is 14.3. The fraction of sp³-hybridized carbons (Fsp3) is 0.533. The Balaban J connectivity index is 1.87. The van der Waals surface area contributed by atoms with Crippen molar-refractivity contribution in [1.82, 2.24) is 5.32 Å². The number of hydrogen-bond acceptors (Lipinski definition) is 3. The van der Waals surface area contributed by atoms with Gasteiger partial charge in [0.05, 0.1) is 5.25 Å². The summed E-state index contributed by atoms with van der Waals surface area (Å²) in [5, 5.41) is 3.05. The maximum atomic E-state index is 12.2. The molecule has 4 heteroatoms. The Morgan fingerprint density at radius 1 is 1.32 bits per heavy atom. The molecule has 0 spiro atoms. The average Bonchev–Trinajstić information content (AvgIpc) is 2.42. The lowest BCUT2D eigenvalue weighted by Crippen LogP contribution is -2.40. The molecule has 19 heavy (non-hydrogen) atoms. The second-order valence-corrected chi connectivity index (χ2v) is 6.52. The average molecular weight is 278 g/mol. The third kappa shape index (κ3) is 4.16.